The third-order valence-electron chi connectivity index (χ3n) is 16.0. The van der Waals surface area contributed by atoms with Crippen LogP contribution in [0.15, 0.2) is 24.3 Å². The average Bonchev–Trinajstić information content (AvgIpc) is 3.33. The summed E-state index contributed by atoms with van der Waals surface area (Å²) >= 11 is 0. The number of fused-ring (bicyclic) bond motifs is 10. The number of hydrogen-bond donors (Lipinski definition) is 0. The molecule has 10 heterocycles. The molecule has 0 nitrogen and oxygen atoms in total. The van der Waals surface area contributed by atoms with Gasteiger partial charge in [-0.1, -0.05) is 0 Å². The van der Waals surface area contributed by atoms with E-state index in [0.717, 1.165) is 4.31 Å². The van der Waals surface area contributed by atoms with Crippen LogP contribution in [0.2, 0.25) is 43.3 Å². The van der Waals surface area contributed by atoms with Gasteiger partial charge in [0.05, 0.1) is 0 Å². The normalized spacial score (nSPS) is 113. The number of rotatable bonds is 1. The molecule has 0 N–H and O–H groups in total. The molecule has 0 aromatic heterocycles. The van der Waals surface area contributed by atoms with Crippen LogP contribution in [0.25, 0.3) is 0 Å². The Hall–Kier alpha value is 0.169. The van der Waals surface area contributed by atoms with E-state index in [4.69, 9.17) is 0 Å². The van der Waals surface area contributed by atoms with Gasteiger partial charge in [0.15, 0.2) is 0 Å². The fourth-order valence-electron chi connectivity index (χ4n) is 17.8. The molecule has 18 heavy (non-hydrogen) atoms. The van der Waals surface area contributed by atoms with Gasteiger partial charge in [0, 0.05) is 0 Å². The van der Waals surface area contributed by atoms with Crippen molar-refractivity contribution in [2.75, 3.05) is 0 Å². The summed E-state index contributed by atoms with van der Waals surface area (Å²) in [4.78, 5) is 13.0. The molecule has 10 aliphatic heterocycles. The summed E-state index contributed by atoms with van der Waals surface area (Å²) < 4.78 is 0.956. The molecule has 1 aromatic rings. The zero-order valence-corrected chi connectivity index (χ0v) is 12.2. The summed E-state index contributed by atoms with van der Waals surface area (Å²) in [6, 6.07) is 9.53. The monoisotopic (exact) mass is 294 g/mol. The minimum atomic E-state index is -2.87. The summed E-state index contributed by atoms with van der Waals surface area (Å²) in [6.45, 7) is -2.87. The van der Waals surface area contributed by atoms with Gasteiger partial charge in [-0.2, -0.15) is 0 Å². The van der Waals surface area contributed by atoms with Crippen LogP contribution < -0.4 is 5.30 Å². The van der Waals surface area contributed by atoms with Crippen LogP contribution in [0, 0.1) is 0 Å². The second-order valence-electron chi connectivity index (χ2n) is 11.3. The van der Waals surface area contributed by atoms with Crippen LogP contribution in [0.5, 0.6) is 0 Å². The first-order valence-electron chi connectivity index (χ1n) is 7.62. The molecule has 92 valence electrons. The Bertz CT molecular complexity index is 1080. The van der Waals surface area contributed by atoms with Gasteiger partial charge in [-0.15, -0.1) is 0 Å². The summed E-state index contributed by atoms with van der Waals surface area (Å²) in [5.41, 5.74) is 1.89. The quantitative estimate of drug-likeness (QED) is 0.543. The van der Waals surface area contributed by atoms with Gasteiger partial charge < -0.3 is 0 Å². The zero-order valence-electron chi connectivity index (χ0n) is 9.94. The standard InChI is InChI=1S/C11H10P.C5H5.Fe/c12-11-8-4-3-7-10(11)9-5-1-2-6-9;1-2-4-5-3-1;/h1-8H,12H2;1-5H;. The average molecular weight is 294 g/mol. The first kappa shape index (κ1) is 6.75. The van der Waals surface area contributed by atoms with E-state index in [-0.39, 0.29) is 0 Å². The summed E-state index contributed by atoms with van der Waals surface area (Å²) in [6.07, 6.45) is 0. The van der Waals surface area contributed by atoms with Gasteiger partial charge in [0.25, 0.3) is 0 Å². The molecule has 5 unspecified atom stereocenters. The second kappa shape index (κ2) is 0.577. The molecule has 11 rings (SSSR count). The van der Waals surface area contributed by atoms with E-state index in [1.165, 1.54) is 43.3 Å². The van der Waals surface area contributed by atoms with Gasteiger partial charge >= 0.3 is 98.5 Å². The van der Waals surface area contributed by atoms with Crippen LogP contribution in [-0.4, -0.2) is 0 Å². The SMILES string of the molecule is Pc1ccccc1[C]12[CH]3[CH]4[CH]5[CH]1[Fe]45321678[CH]2[CH]1[CH]6[CH]7[CH]28. The summed E-state index contributed by atoms with van der Waals surface area (Å²) in [7, 11) is 3.09. The molecule has 1 aromatic carbocycles. The molecule has 10 saturated heterocycles. The van der Waals surface area contributed by atoms with E-state index < -0.39 is 6.51 Å². The Morgan fingerprint density at radius 3 is 1.78 bits per heavy atom. The Kier molecular flexibility index (Phi) is 0.217. The molecule has 5 atom stereocenters. The molecule has 0 saturated carbocycles. The third-order valence-corrected chi connectivity index (χ3v) is 58.9. The van der Waals surface area contributed by atoms with Crippen LogP contribution in [-0.2, 0) is 10.8 Å². The van der Waals surface area contributed by atoms with E-state index >= 15 is 0 Å². The van der Waals surface area contributed by atoms with Crippen molar-refractivity contribution in [3.8, 4) is 0 Å². The minimum absolute atomic E-state index is 0.956. The molecule has 1 spiro atoms. The number of benzene rings is 1. The predicted octanol–water partition coefficient (Wildman–Crippen LogP) is 3.98. The van der Waals surface area contributed by atoms with Crippen molar-refractivity contribution < 1.29 is 6.51 Å². The topological polar surface area (TPSA) is 0 Å². The van der Waals surface area contributed by atoms with E-state index in [1.54, 1.807) is 5.30 Å². The summed E-state index contributed by atoms with van der Waals surface area (Å²) in [5, 5.41) is 1.59. The van der Waals surface area contributed by atoms with Gasteiger partial charge in [-0.3, -0.25) is 0 Å². The Morgan fingerprint density at radius 2 is 1.39 bits per heavy atom. The first-order valence-corrected chi connectivity index (χ1v) is 14.5. The number of hydrogen-bond acceptors (Lipinski definition) is 0. The molecular weight excluding hydrogens is 279 g/mol. The van der Waals surface area contributed by atoms with Gasteiger partial charge in [0.1, 0.15) is 0 Å². The van der Waals surface area contributed by atoms with E-state index in [2.05, 4.69) is 33.5 Å². The molecule has 10 aliphatic rings. The Balaban J connectivity index is 1.61. The van der Waals surface area contributed by atoms with E-state index in [1.807, 2.05) is 5.56 Å². The van der Waals surface area contributed by atoms with Crippen molar-refractivity contribution in [2.45, 2.75) is 47.7 Å². The van der Waals surface area contributed by atoms with Gasteiger partial charge in [-0.05, 0) is 0 Å². The molecule has 0 amide bonds. The fraction of sp³-hybridized carbons (Fsp3) is 0.625. The second-order valence-corrected chi connectivity index (χ2v) is 35.4. The van der Waals surface area contributed by atoms with Crippen molar-refractivity contribution in [2.24, 2.45) is 0 Å². The van der Waals surface area contributed by atoms with Crippen LogP contribution in [0.4, 0.5) is 0 Å². The van der Waals surface area contributed by atoms with E-state index in [9.17, 15) is 0 Å². The zero-order chi connectivity index (χ0) is 11.0. The fourth-order valence-corrected chi connectivity index (χ4v) is 92.5. The van der Waals surface area contributed by atoms with Crippen LogP contribution in [0.1, 0.15) is 5.56 Å². The molecule has 0 bridgehead atoms. The Labute approximate surface area is 98.4 Å². The Morgan fingerprint density at radius 1 is 0.833 bits per heavy atom. The maximum atomic E-state index is 3.09. The van der Waals surface area contributed by atoms with Gasteiger partial charge in [-0.25, -0.2) is 0 Å². The van der Waals surface area contributed by atoms with Crippen molar-refractivity contribution in [1.82, 2.24) is 0 Å². The third kappa shape index (κ3) is 0.0702. The predicted molar refractivity (Wildman–Crippen MR) is 71.2 cm³/mol. The first-order chi connectivity index (χ1) is 8.56. The van der Waals surface area contributed by atoms with Gasteiger partial charge in [0.2, 0.25) is 0 Å². The summed E-state index contributed by atoms with van der Waals surface area (Å²) in [5.74, 6) is 0. The van der Waals surface area contributed by atoms with Crippen molar-refractivity contribution >= 4 is 14.5 Å². The van der Waals surface area contributed by atoms with Crippen molar-refractivity contribution in [3.63, 3.8) is 0 Å². The molecule has 0 radical (unpaired) electrons. The van der Waals surface area contributed by atoms with Crippen molar-refractivity contribution in [3.05, 3.63) is 29.8 Å². The van der Waals surface area contributed by atoms with Crippen LogP contribution >= 0.6 is 9.24 Å². The maximum absolute atomic E-state index is 3.09. The molecule has 0 aliphatic carbocycles. The molecular formula is C16H15FeP. The van der Waals surface area contributed by atoms with Crippen molar-refractivity contribution in [1.29, 1.82) is 0 Å². The molecule has 2 heteroatoms. The van der Waals surface area contributed by atoms with Crippen LogP contribution in [0.3, 0.4) is 0 Å². The molecule has 10 fully saturated rings. The van der Waals surface area contributed by atoms with E-state index in [0.29, 0.717) is 0 Å².